The van der Waals surface area contributed by atoms with Crippen LogP contribution in [0.2, 0.25) is 0 Å². The highest BCUT2D eigenvalue weighted by molar-refractivity contribution is 5.84. The molecule has 0 bridgehead atoms. The van der Waals surface area contributed by atoms with Crippen molar-refractivity contribution in [2.75, 3.05) is 6.54 Å². The molecule has 2 N–H and O–H groups in total. The number of amides is 1. The highest BCUT2D eigenvalue weighted by atomic mass is 16.2. The fourth-order valence-electron chi connectivity index (χ4n) is 3.88. The lowest BCUT2D eigenvalue weighted by molar-refractivity contribution is -0.124. The van der Waals surface area contributed by atoms with Crippen molar-refractivity contribution in [3.63, 3.8) is 0 Å². The van der Waals surface area contributed by atoms with Crippen molar-refractivity contribution in [1.29, 1.82) is 0 Å². The van der Waals surface area contributed by atoms with Crippen LogP contribution >= 0.6 is 0 Å². The van der Waals surface area contributed by atoms with Gasteiger partial charge in [-0.05, 0) is 44.5 Å². The molecule has 1 amide bonds. The van der Waals surface area contributed by atoms with E-state index in [-0.39, 0.29) is 11.9 Å². The molecule has 0 spiro atoms. The summed E-state index contributed by atoms with van der Waals surface area (Å²) in [6, 6.07) is 9.77. The third-order valence-corrected chi connectivity index (χ3v) is 5.30. The molecule has 0 saturated heterocycles. The lowest BCUT2D eigenvalue weighted by Crippen LogP contribution is -2.31. The number of aryl methyl sites for hydroxylation is 2. The van der Waals surface area contributed by atoms with Crippen molar-refractivity contribution in [2.45, 2.75) is 58.8 Å². The van der Waals surface area contributed by atoms with Crippen molar-refractivity contribution in [3.8, 4) is 0 Å². The van der Waals surface area contributed by atoms with E-state index in [1.54, 1.807) is 0 Å². The second kappa shape index (κ2) is 8.14. The maximum absolute atomic E-state index is 12.9. The standard InChI is InChI=1S/C21H28N6O/c1-3-7-20-24-18-8-4-5-9-19(18)27(20)15(2)21(28)23-13-16-12-17-14-22-10-6-11-26(17)25-16/h4-5,8-9,12,15,22H,3,6-7,10-11,13-14H2,1-2H3,(H,23,28)/t15-/m0/s1. The molecule has 1 aliphatic rings. The summed E-state index contributed by atoms with van der Waals surface area (Å²) in [5.41, 5.74) is 4.04. The van der Waals surface area contributed by atoms with E-state index in [9.17, 15) is 4.79 Å². The van der Waals surface area contributed by atoms with Gasteiger partial charge < -0.3 is 15.2 Å². The summed E-state index contributed by atoms with van der Waals surface area (Å²) < 4.78 is 4.12. The number of fused-ring (bicyclic) bond motifs is 2. The molecule has 0 unspecified atom stereocenters. The molecule has 1 aliphatic heterocycles. The predicted molar refractivity (Wildman–Crippen MR) is 109 cm³/mol. The lowest BCUT2D eigenvalue weighted by atomic mass is 10.2. The Kier molecular flexibility index (Phi) is 5.43. The first-order valence-electron chi connectivity index (χ1n) is 10.2. The normalized spacial score (nSPS) is 15.2. The van der Waals surface area contributed by atoms with Crippen LogP contribution < -0.4 is 10.6 Å². The monoisotopic (exact) mass is 380 g/mol. The van der Waals surface area contributed by atoms with E-state index in [1.165, 1.54) is 5.69 Å². The summed E-state index contributed by atoms with van der Waals surface area (Å²) in [7, 11) is 0. The molecule has 7 nitrogen and oxygen atoms in total. The Bertz CT molecular complexity index is 949. The Morgan fingerprint density at radius 1 is 1.36 bits per heavy atom. The summed E-state index contributed by atoms with van der Waals surface area (Å²) in [4.78, 5) is 17.6. The number of imidazole rings is 1. The zero-order valence-corrected chi connectivity index (χ0v) is 16.6. The van der Waals surface area contributed by atoms with Gasteiger partial charge in [-0.15, -0.1) is 0 Å². The van der Waals surface area contributed by atoms with E-state index in [4.69, 9.17) is 4.98 Å². The van der Waals surface area contributed by atoms with Gasteiger partial charge in [-0.25, -0.2) is 4.98 Å². The van der Waals surface area contributed by atoms with E-state index in [1.807, 2.05) is 35.9 Å². The number of carbonyl (C=O) groups excluding carboxylic acids is 1. The van der Waals surface area contributed by atoms with Crippen LogP contribution in [-0.4, -0.2) is 31.8 Å². The first-order chi connectivity index (χ1) is 13.7. The van der Waals surface area contributed by atoms with Gasteiger partial charge in [0, 0.05) is 19.5 Å². The number of para-hydroxylation sites is 2. The van der Waals surface area contributed by atoms with Gasteiger partial charge in [-0.3, -0.25) is 9.48 Å². The molecule has 1 aromatic carbocycles. The number of hydrogen-bond acceptors (Lipinski definition) is 4. The van der Waals surface area contributed by atoms with Gasteiger partial charge in [0.15, 0.2) is 0 Å². The van der Waals surface area contributed by atoms with Crippen LogP contribution in [0.3, 0.4) is 0 Å². The van der Waals surface area contributed by atoms with Crippen LogP contribution in [0.25, 0.3) is 11.0 Å². The summed E-state index contributed by atoms with van der Waals surface area (Å²) in [6.07, 6.45) is 2.92. The minimum Gasteiger partial charge on any atom is -0.349 e. The highest BCUT2D eigenvalue weighted by Crippen LogP contribution is 2.22. The van der Waals surface area contributed by atoms with E-state index in [0.717, 1.165) is 61.4 Å². The smallest absolute Gasteiger partial charge is 0.243 e. The van der Waals surface area contributed by atoms with Crippen molar-refractivity contribution >= 4 is 16.9 Å². The quantitative estimate of drug-likeness (QED) is 0.689. The molecule has 148 valence electrons. The molecule has 0 aliphatic carbocycles. The van der Waals surface area contributed by atoms with E-state index in [0.29, 0.717) is 6.54 Å². The van der Waals surface area contributed by atoms with E-state index >= 15 is 0 Å². The molecule has 1 atom stereocenters. The number of benzene rings is 1. The van der Waals surface area contributed by atoms with Gasteiger partial charge in [0.2, 0.25) is 5.91 Å². The molecule has 7 heteroatoms. The van der Waals surface area contributed by atoms with Crippen LogP contribution in [0.5, 0.6) is 0 Å². The van der Waals surface area contributed by atoms with Crippen LogP contribution in [0.4, 0.5) is 0 Å². The molecule has 3 heterocycles. The molecule has 0 fully saturated rings. The van der Waals surface area contributed by atoms with Crippen LogP contribution in [0.1, 0.15) is 49.9 Å². The number of nitrogens with one attached hydrogen (secondary N) is 2. The summed E-state index contributed by atoms with van der Waals surface area (Å²) in [5.74, 6) is 0.952. The van der Waals surface area contributed by atoms with Gasteiger partial charge in [-0.1, -0.05) is 19.1 Å². The lowest BCUT2D eigenvalue weighted by Gasteiger charge is -2.17. The van der Waals surface area contributed by atoms with E-state index in [2.05, 4.69) is 33.3 Å². The molecular formula is C21H28N6O. The molecule has 3 aromatic rings. The number of carbonyl (C=O) groups is 1. The third kappa shape index (κ3) is 3.67. The van der Waals surface area contributed by atoms with Gasteiger partial charge in [0.1, 0.15) is 11.9 Å². The van der Waals surface area contributed by atoms with E-state index < -0.39 is 0 Å². The summed E-state index contributed by atoms with van der Waals surface area (Å²) >= 11 is 0. The first kappa shape index (κ1) is 18.7. The summed E-state index contributed by atoms with van der Waals surface area (Å²) in [5, 5.41) is 11.1. The Morgan fingerprint density at radius 3 is 3.07 bits per heavy atom. The fraction of sp³-hybridized carbons (Fsp3) is 0.476. The minimum absolute atomic E-state index is 0.0122. The first-order valence-corrected chi connectivity index (χ1v) is 10.2. The topological polar surface area (TPSA) is 76.8 Å². The third-order valence-electron chi connectivity index (χ3n) is 5.30. The molecule has 4 rings (SSSR count). The van der Waals surface area contributed by atoms with Crippen molar-refractivity contribution in [1.82, 2.24) is 30.0 Å². The number of aromatic nitrogens is 4. The van der Waals surface area contributed by atoms with Crippen LogP contribution in [0.15, 0.2) is 30.3 Å². The average Bonchev–Trinajstić information content (AvgIpc) is 3.19. The van der Waals surface area contributed by atoms with Crippen molar-refractivity contribution < 1.29 is 4.79 Å². The predicted octanol–water partition coefficient (Wildman–Crippen LogP) is 2.56. The largest absolute Gasteiger partial charge is 0.349 e. The zero-order valence-electron chi connectivity index (χ0n) is 16.6. The maximum atomic E-state index is 12.9. The van der Waals surface area contributed by atoms with Gasteiger partial charge in [0.25, 0.3) is 0 Å². The molecule has 2 aromatic heterocycles. The zero-order chi connectivity index (χ0) is 19.5. The second-order valence-electron chi connectivity index (χ2n) is 7.41. The van der Waals surface area contributed by atoms with Crippen LogP contribution in [-0.2, 0) is 30.8 Å². The number of nitrogens with zero attached hydrogens (tertiary/aromatic N) is 4. The summed E-state index contributed by atoms with van der Waals surface area (Å²) in [6.45, 7) is 7.29. The molecule has 0 saturated carbocycles. The van der Waals surface area contributed by atoms with Gasteiger partial charge in [0.05, 0.1) is 29.0 Å². The molecular weight excluding hydrogens is 352 g/mol. The highest BCUT2D eigenvalue weighted by Gasteiger charge is 2.21. The second-order valence-corrected chi connectivity index (χ2v) is 7.41. The Labute approximate surface area is 165 Å². The molecule has 0 radical (unpaired) electrons. The van der Waals surface area contributed by atoms with Crippen molar-refractivity contribution in [3.05, 3.63) is 47.5 Å². The fourth-order valence-corrected chi connectivity index (χ4v) is 3.88. The number of hydrogen-bond donors (Lipinski definition) is 2. The number of rotatable bonds is 6. The molecule has 28 heavy (non-hydrogen) atoms. The SMILES string of the molecule is CCCc1nc2ccccc2n1[C@@H](C)C(=O)NCc1cc2n(n1)CCCNC2. The Hall–Kier alpha value is -2.67. The van der Waals surface area contributed by atoms with Gasteiger partial charge >= 0.3 is 0 Å². The average molecular weight is 380 g/mol. The maximum Gasteiger partial charge on any atom is 0.243 e. The minimum atomic E-state index is -0.323. The Balaban J connectivity index is 1.49. The van der Waals surface area contributed by atoms with Gasteiger partial charge in [-0.2, -0.15) is 5.10 Å². The Morgan fingerprint density at radius 2 is 2.21 bits per heavy atom. The van der Waals surface area contributed by atoms with Crippen LogP contribution in [0, 0.1) is 0 Å². The van der Waals surface area contributed by atoms with Crippen molar-refractivity contribution in [2.24, 2.45) is 0 Å².